The van der Waals surface area contributed by atoms with Crippen molar-refractivity contribution in [2.45, 2.75) is 57.2 Å². The summed E-state index contributed by atoms with van der Waals surface area (Å²) in [7, 11) is 0. The summed E-state index contributed by atoms with van der Waals surface area (Å²) in [4.78, 5) is 83.5. The highest BCUT2D eigenvalue weighted by Crippen LogP contribution is 2.35. The van der Waals surface area contributed by atoms with Crippen LogP contribution in [0.4, 0.5) is 0 Å². The summed E-state index contributed by atoms with van der Waals surface area (Å²) < 4.78 is 5.35. The second-order valence-electron chi connectivity index (χ2n) is 15.0. The number of hydrogen-bond donors (Lipinski definition) is 7. The summed E-state index contributed by atoms with van der Waals surface area (Å²) in [6.45, 7) is 1.54. The predicted molar refractivity (Wildman–Crippen MR) is 226 cm³/mol. The number of rotatable bonds is 11. The molecule has 2 aliphatic rings. The Labute approximate surface area is 350 Å². The molecule has 3 atom stereocenters. The number of piperidine rings is 1. The van der Waals surface area contributed by atoms with E-state index in [4.69, 9.17) is 10.5 Å². The van der Waals surface area contributed by atoms with Gasteiger partial charge in [-0.15, -0.1) is 0 Å². The molecule has 0 saturated carbocycles. The number of nitrogens with two attached hydrogens (primary N) is 1. The Morgan fingerprint density at radius 3 is 2.43 bits per heavy atom. The first-order valence-corrected chi connectivity index (χ1v) is 20.3. The Bertz CT molecular complexity index is 2010. The van der Waals surface area contributed by atoms with Gasteiger partial charge in [-0.25, -0.2) is 0 Å². The van der Waals surface area contributed by atoms with Crippen LogP contribution < -0.4 is 32.3 Å². The Balaban J connectivity index is 1.44. The lowest BCUT2D eigenvalue weighted by atomic mass is 9.74. The zero-order valence-corrected chi connectivity index (χ0v) is 33.7. The fourth-order valence-corrected chi connectivity index (χ4v) is 7.29. The number of benzene rings is 3. The van der Waals surface area contributed by atoms with E-state index in [1.165, 1.54) is 0 Å². The van der Waals surface area contributed by atoms with Crippen LogP contribution >= 0.6 is 0 Å². The SMILES string of the molecule is NCCOCCNC(=O)[C@@H]1CCNC(=O)/C=C/C(=O)N2CCC[C@](Cc3ccccc3)(C2)C(=O)N[C@@H](C/C=C/c2ccc(O)cc2)C(=O)NCc2ccccc2CC(=O)N1. The second-order valence-corrected chi connectivity index (χ2v) is 15.0. The number of fused-ring (bicyclic) bond motifs is 3. The smallest absolute Gasteiger partial charge is 0.246 e. The Morgan fingerprint density at radius 2 is 1.67 bits per heavy atom. The third-order valence-electron chi connectivity index (χ3n) is 10.4. The minimum absolute atomic E-state index is 0.0113. The summed E-state index contributed by atoms with van der Waals surface area (Å²) >= 11 is 0. The van der Waals surface area contributed by atoms with Gasteiger partial charge in [0.25, 0.3) is 0 Å². The molecule has 318 valence electrons. The van der Waals surface area contributed by atoms with Gasteiger partial charge in [-0.05, 0) is 66.5 Å². The van der Waals surface area contributed by atoms with Gasteiger partial charge in [0.05, 0.1) is 25.0 Å². The lowest BCUT2D eigenvalue weighted by Crippen LogP contribution is -2.57. The molecule has 8 N–H and O–H groups in total. The summed E-state index contributed by atoms with van der Waals surface area (Å²) in [5.41, 5.74) is 7.31. The Hall–Kier alpha value is -6.32. The summed E-state index contributed by atoms with van der Waals surface area (Å²) in [5.74, 6) is -2.68. The van der Waals surface area contributed by atoms with Crippen LogP contribution in [0.1, 0.15) is 47.9 Å². The fourth-order valence-electron chi connectivity index (χ4n) is 7.29. The molecule has 6 amide bonds. The molecule has 2 aliphatic heterocycles. The number of nitrogens with zero attached hydrogens (tertiary/aromatic N) is 1. The van der Waals surface area contributed by atoms with Gasteiger partial charge in [-0.2, -0.15) is 0 Å². The average molecular weight is 822 g/mol. The number of amides is 6. The first-order chi connectivity index (χ1) is 29.0. The van der Waals surface area contributed by atoms with Crippen LogP contribution in [0.3, 0.4) is 0 Å². The molecule has 15 heteroatoms. The molecule has 1 saturated heterocycles. The van der Waals surface area contributed by atoms with Crippen LogP contribution in [-0.2, 0) is 52.9 Å². The monoisotopic (exact) mass is 821 g/mol. The minimum Gasteiger partial charge on any atom is -0.508 e. The predicted octanol–water partition coefficient (Wildman–Crippen LogP) is 1.64. The normalized spacial score (nSPS) is 21.6. The molecule has 0 radical (unpaired) electrons. The molecular weight excluding hydrogens is 767 g/mol. The van der Waals surface area contributed by atoms with Crippen molar-refractivity contribution in [3.63, 3.8) is 0 Å². The maximum atomic E-state index is 14.6. The van der Waals surface area contributed by atoms with Gasteiger partial charge in [0.15, 0.2) is 0 Å². The highest BCUT2D eigenvalue weighted by Gasteiger charge is 2.44. The number of carbonyl (C=O) groups is 6. The molecule has 60 heavy (non-hydrogen) atoms. The molecule has 0 spiro atoms. The number of carbonyl (C=O) groups excluding carboxylic acids is 6. The molecule has 3 aromatic rings. The molecule has 2 bridgehead atoms. The van der Waals surface area contributed by atoms with E-state index in [1.54, 1.807) is 65.6 Å². The standard InChI is InChI=1S/C45H55N7O8/c46-22-26-60-27-24-48-42(57)38-20-23-47-39(54)18-19-41(56)52-25-7-21-45(31-52,29-33-8-2-1-3-9-33)44(59)51-37(13-6-10-32-14-16-36(53)17-15-32)43(58)49-30-35-12-5-4-11-34(35)28-40(55)50-38/h1-6,8-12,14-19,37-38,53H,7,13,20-31,46H2,(H,47,54)(H,48,57)(H,49,58)(H,50,55)(H,51,59)/b10-6+,19-18+/t37-,38-,45-/m0/s1. The van der Waals surface area contributed by atoms with E-state index >= 15 is 0 Å². The molecule has 2 heterocycles. The molecule has 15 nitrogen and oxygen atoms in total. The number of ether oxygens (including phenoxy) is 1. The van der Waals surface area contributed by atoms with Gasteiger partial charge in [0.1, 0.15) is 17.8 Å². The van der Waals surface area contributed by atoms with Crippen LogP contribution in [0, 0.1) is 5.41 Å². The van der Waals surface area contributed by atoms with Gasteiger partial charge in [0.2, 0.25) is 35.4 Å². The van der Waals surface area contributed by atoms with Crippen molar-refractivity contribution in [1.29, 1.82) is 0 Å². The van der Waals surface area contributed by atoms with Gasteiger partial charge in [0, 0.05) is 51.4 Å². The molecule has 1 fully saturated rings. The molecule has 0 aliphatic carbocycles. The van der Waals surface area contributed by atoms with Crippen molar-refractivity contribution < 1.29 is 38.6 Å². The van der Waals surface area contributed by atoms with Crippen LogP contribution in [-0.4, -0.2) is 103 Å². The lowest BCUT2D eigenvalue weighted by Gasteiger charge is -2.42. The average Bonchev–Trinajstić information content (AvgIpc) is 3.25. The highest BCUT2D eigenvalue weighted by molar-refractivity contribution is 5.97. The molecule has 3 aromatic carbocycles. The van der Waals surface area contributed by atoms with E-state index in [0.29, 0.717) is 50.1 Å². The van der Waals surface area contributed by atoms with Gasteiger partial charge in [-0.1, -0.05) is 78.9 Å². The Kier molecular flexibility index (Phi) is 17.0. The van der Waals surface area contributed by atoms with E-state index in [-0.39, 0.29) is 63.7 Å². The third kappa shape index (κ3) is 13.6. The summed E-state index contributed by atoms with van der Waals surface area (Å²) in [6, 6.07) is 21.1. The number of phenols is 1. The maximum Gasteiger partial charge on any atom is 0.246 e. The zero-order chi connectivity index (χ0) is 42.7. The first kappa shape index (κ1) is 44.8. The van der Waals surface area contributed by atoms with Crippen molar-refractivity contribution in [3.8, 4) is 5.75 Å². The second kappa shape index (κ2) is 22.7. The lowest BCUT2D eigenvalue weighted by molar-refractivity contribution is -0.141. The maximum absolute atomic E-state index is 14.6. The van der Waals surface area contributed by atoms with Crippen molar-refractivity contribution in [1.82, 2.24) is 31.5 Å². The highest BCUT2D eigenvalue weighted by atomic mass is 16.5. The molecule has 0 aromatic heterocycles. The third-order valence-corrected chi connectivity index (χ3v) is 10.4. The van der Waals surface area contributed by atoms with E-state index in [1.807, 2.05) is 30.3 Å². The van der Waals surface area contributed by atoms with Crippen molar-refractivity contribution >= 4 is 41.5 Å². The van der Waals surface area contributed by atoms with Crippen molar-refractivity contribution in [3.05, 3.63) is 119 Å². The minimum atomic E-state index is -1.10. The molecule has 0 unspecified atom stereocenters. The van der Waals surface area contributed by atoms with Crippen LogP contribution in [0.15, 0.2) is 97.1 Å². The van der Waals surface area contributed by atoms with Crippen LogP contribution in [0.2, 0.25) is 0 Å². The topological polar surface area (TPSA) is 221 Å². The molecular formula is C45H55N7O8. The number of nitrogens with one attached hydrogen (secondary N) is 5. The number of aromatic hydroxyl groups is 1. The Morgan fingerprint density at radius 1 is 0.917 bits per heavy atom. The quantitative estimate of drug-likeness (QED) is 0.140. The first-order valence-electron chi connectivity index (χ1n) is 20.3. The van der Waals surface area contributed by atoms with Gasteiger partial charge < -0.3 is 47.1 Å². The van der Waals surface area contributed by atoms with E-state index in [2.05, 4.69) is 26.6 Å². The zero-order valence-electron chi connectivity index (χ0n) is 33.7. The summed E-state index contributed by atoms with van der Waals surface area (Å²) in [5, 5.41) is 23.9. The number of phenolic OH excluding ortho intramolecular Hbond substituents is 1. The van der Waals surface area contributed by atoms with Crippen molar-refractivity contribution in [2.24, 2.45) is 11.1 Å². The van der Waals surface area contributed by atoms with Crippen LogP contribution in [0.5, 0.6) is 5.75 Å². The van der Waals surface area contributed by atoms with Crippen LogP contribution in [0.25, 0.3) is 6.08 Å². The fraction of sp³-hybridized carbons (Fsp3) is 0.378. The summed E-state index contributed by atoms with van der Waals surface area (Å²) in [6.07, 6.45) is 7.16. The van der Waals surface area contributed by atoms with E-state index < -0.39 is 47.0 Å². The van der Waals surface area contributed by atoms with E-state index in [9.17, 15) is 33.9 Å². The van der Waals surface area contributed by atoms with Gasteiger partial charge >= 0.3 is 0 Å². The van der Waals surface area contributed by atoms with E-state index in [0.717, 1.165) is 23.3 Å². The largest absolute Gasteiger partial charge is 0.508 e. The van der Waals surface area contributed by atoms with Crippen molar-refractivity contribution in [2.75, 3.05) is 45.9 Å². The molecule has 5 rings (SSSR count). The van der Waals surface area contributed by atoms with Gasteiger partial charge in [-0.3, -0.25) is 28.8 Å². The number of hydrogen-bond acceptors (Lipinski definition) is 9.